The highest BCUT2D eigenvalue weighted by molar-refractivity contribution is 7.07. The molecule has 5 heteroatoms. The van der Waals surface area contributed by atoms with Gasteiger partial charge in [0.05, 0.1) is 29.9 Å². The molecule has 3 heterocycles. The molecular formula is C22H19N3OS. The van der Waals surface area contributed by atoms with Crippen molar-refractivity contribution in [3.8, 4) is 11.5 Å². The zero-order chi connectivity index (χ0) is 18.1. The average Bonchev–Trinajstić information content (AvgIpc) is 3.38. The molecule has 27 heavy (non-hydrogen) atoms. The third kappa shape index (κ3) is 3.04. The molecule has 0 saturated carbocycles. The van der Waals surface area contributed by atoms with Crippen molar-refractivity contribution in [2.45, 2.75) is 25.3 Å². The first kappa shape index (κ1) is 16.3. The first-order valence-corrected chi connectivity index (χ1v) is 10.0. The zero-order valence-electron chi connectivity index (χ0n) is 14.8. The van der Waals surface area contributed by atoms with E-state index in [4.69, 9.17) is 9.41 Å². The molecule has 0 bridgehead atoms. The molecule has 1 aliphatic carbocycles. The Hall–Kier alpha value is -2.92. The van der Waals surface area contributed by atoms with Crippen LogP contribution in [0.5, 0.6) is 0 Å². The summed E-state index contributed by atoms with van der Waals surface area (Å²) in [5, 5.41) is 2.14. The summed E-state index contributed by atoms with van der Waals surface area (Å²) in [6, 6.07) is 16.9. The number of aryl methyl sites for hydroxylation is 1. The molecule has 0 spiro atoms. The number of nitrogens with zero attached hydrogens (tertiary/aromatic N) is 3. The van der Waals surface area contributed by atoms with Crippen molar-refractivity contribution in [1.29, 1.82) is 0 Å². The quantitative estimate of drug-likeness (QED) is 0.485. The predicted octanol–water partition coefficient (Wildman–Crippen LogP) is 5.36. The number of rotatable bonds is 3. The maximum atomic E-state index is 5.73. The lowest BCUT2D eigenvalue weighted by molar-refractivity contribution is 0.478. The van der Waals surface area contributed by atoms with Crippen molar-refractivity contribution in [2.75, 3.05) is 0 Å². The monoisotopic (exact) mass is 373 g/mol. The Morgan fingerprint density at radius 2 is 2.07 bits per heavy atom. The van der Waals surface area contributed by atoms with E-state index in [2.05, 4.69) is 39.2 Å². The van der Waals surface area contributed by atoms with Crippen molar-refractivity contribution in [2.24, 2.45) is 4.99 Å². The van der Waals surface area contributed by atoms with Crippen LogP contribution in [0, 0.1) is 0 Å². The summed E-state index contributed by atoms with van der Waals surface area (Å²) in [5.41, 5.74) is 4.77. The van der Waals surface area contributed by atoms with Gasteiger partial charge in [-0.1, -0.05) is 24.3 Å². The summed E-state index contributed by atoms with van der Waals surface area (Å²) < 4.78 is 8.08. The van der Waals surface area contributed by atoms with Gasteiger partial charge < -0.3 is 8.98 Å². The van der Waals surface area contributed by atoms with Crippen LogP contribution >= 0.6 is 11.3 Å². The van der Waals surface area contributed by atoms with Gasteiger partial charge in [0.1, 0.15) is 0 Å². The smallest absolute Gasteiger partial charge is 0.191 e. The number of pyridine rings is 1. The molecule has 0 radical (unpaired) electrons. The topological polar surface area (TPSA) is 43.3 Å². The van der Waals surface area contributed by atoms with Gasteiger partial charge in [0, 0.05) is 11.6 Å². The van der Waals surface area contributed by atoms with Crippen LogP contribution in [0.15, 0.2) is 82.0 Å². The zero-order valence-corrected chi connectivity index (χ0v) is 15.6. The fraction of sp³-hybridized carbons (Fsp3) is 0.182. The number of benzene rings is 1. The molecular weight excluding hydrogens is 354 g/mol. The number of fused-ring (bicyclic) bond motifs is 1. The Morgan fingerprint density at radius 1 is 1.11 bits per heavy atom. The standard InChI is InChI=1S/C22H19N3OS/c1-2-9-18-16(6-1)7-3-10-19(18)25-20(21-11-5-13-26-21)15-27-22(25)24-17-8-4-12-23-14-17/h1-2,4-6,8-9,11-15,19H,3,7,10H2. The van der Waals surface area contributed by atoms with E-state index in [0.29, 0.717) is 0 Å². The lowest BCUT2D eigenvalue weighted by Gasteiger charge is -2.28. The van der Waals surface area contributed by atoms with Crippen molar-refractivity contribution in [3.63, 3.8) is 0 Å². The molecule has 4 nitrogen and oxygen atoms in total. The molecule has 1 unspecified atom stereocenters. The van der Waals surface area contributed by atoms with E-state index in [1.807, 2.05) is 24.3 Å². The van der Waals surface area contributed by atoms with Crippen LogP contribution in [0.4, 0.5) is 5.69 Å². The molecule has 4 aromatic rings. The number of hydrogen-bond acceptors (Lipinski definition) is 4. The van der Waals surface area contributed by atoms with E-state index in [9.17, 15) is 0 Å². The average molecular weight is 373 g/mol. The maximum Gasteiger partial charge on any atom is 0.191 e. The highest BCUT2D eigenvalue weighted by atomic mass is 32.1. The predicted molar refractivity (Wildman–Crippen MR) is 107 cm³/mol. The summed E-state index contributed by atoms with van der Waals surface area (Å²) in [6.45, 7) is 0. The number of aromatic nitrogens is 2. The van der Waals surface area contributed by atoms with E-state index >= 15 is 0 Å². The molecule has 1 atom stereocenters. The van der Waals surface area contributed by atoms with E-state index in [1.54, 1.807) is 30.0 Å². The van der Waals surface area contributed by atoms with Gasteiger partial charge in [-0.2, -0.15) is 0 Å². The van der Waals surface area contributed by atoms with Crippen LogP contribution in [0.3, 0.4) is 0 Å². The first-order valence-electron chi connectivity index (χ1n) is 9.16. The molecule has 1 aliphatic rings. The minimum atomic E-state index is 0.261. The number of hydrogen-bond donors (Lipinski definition) is 0. The molecule has 0 fully saturated rings. The minimum Gasteiger partial charge on any atom is -0.463 e. The molecule has 3 aromatic heterocycles. The van der Waals surface area contributed by atoms with Crippen molar-refractivity contribution in [3.05, 3.63) is 88.5 Å². The molecule has 0 aliphatic heterocycles. The van der Waals surface area contributed by atoms with Crippen molar-refractivity contribution < 1.29 is 4.42 Å². The Bertz CT molecular complexity index is 1110. The fourth-order valence-electron chi connectivity index (χ4n) is 3.83. The normalized spacial score (nSPS) is 17.0. The largest absolute Gasteiger partial charge is 0.463 e. The molecule has 5 rings (SSSR count). The SMILES string of the molecule is c1cncc(N=c2scc(-c3ccco3)n2C2CCCc3ccccc32)c1. The Morgan fingerprint density at radius 3 is 2.93 bits per heavy atom. The van der Waals surface area contributed by atoms with Crippen molar-refractivity contribution >= 4 is 17.0 Å². The van der Waals surface area contributed by atoms with E-state index < -0.39 is 0 Å². The molecule has 0 N–H and O–H groups in total. The van der Waals surface area contributed by atoms with Crippen LogP contribution in [0.2, 0.25) is 0 Å². The lowest BCUT2D eigenvalue weighted by atomic mass is 9.87. The summed E-state index contributed by atoms with van der Waals surface area (Å²) in [4.78, 5) is 10.1. The Balaban J connectivity index is 1.73. The second-order valence-electron chi connectivity index (χ2n) is 6.68. The molecule has 1 aromatic carbocycles. The first-order chi connectivity index (χ1) is 13.4. The summed E-state index contributed by atoms with van der Waals surface area (Å²) in [5.74, 6) is 0.877. The van der Waals surface area contributed by atoms with E-state index in [1.165, 1.54) is 17.5 Å². The van der Waals surface area contributed by atoms with E-state index in [-0.39, 0.29) is 6.04 Å². The molecule has 0 amide bonds. The Labute approximate surface area is 161 Å². The second-order valence-corrected chi connectivity index (χ2v) is 7.52. The second kappa shape index (κ2) is 7.00. The Kier molecular flexibility index (Phi) is 4.22. The maximum absolute atomic E-state index is 5.73. The van der Waals surface area contributed by atoms with Crippen LogP contribution < -0.4 is 4.80 Å². The van der Waals surface area contributed by atoms with Crippen molar-refractivity contribution in [1.82, 2.24) is 9.55 Å². The van der Waals surface area contributed by atoms with Crippen LogP contribution in [0.25, 0.3) is 11.5 Å². The third-order valence-electron chi connectivity index (χ3n) is 5.04. The lowest BCUT2D eigenvalue weighted by Crippen LogP contribution is -2.26. The summed E-state index contributed by atoms with van der Waals surface area (Å²) in [7, 11) is 0. The highest BCUT2D eigenvalue weighted by Crippen LogP contribution is 2.35. The van der Waals surface area contributed by atoms with Gasteiger partial charge >= 0.3 is 0 Å². The van der Waals surface area contributed by atoms with Gasteiger partial charge in [0.2, 0.25) is 0 Å². The van der Waals surface area contributed by atoms with Crippen LogP contribution in [0.1, 0.15) is 30.0 Å². The summed E-state index contributed by atoms with van der Waals surface area (Å²) >= 11 is 1.65. The summed E-state index contributed by atoms with van der Waals surface area (Å²) in [6.07, 6.45) is 8.71. The van der Waals surface area contributed by atoms with Gasteiger partial charge in [-0.3, -0.25) is 4.98 Å². The fourth-order valence-corrected chi connectivity index (χ4v) is 4.78. The van der Waals surface area contributed by atoms with Crippen LogP contribution in [-0.4, -0.2) is 9.55 Å². The van der Waals surface area contributed by atoms with Crippen LogP contribution in [-0.2, 0) is 6.42 Å². The minimum absolute atomic E-state index is 0.261. The van der Waals surface area contributed by atoms with Gasteiger partial charge in [-0.25, -0.2) is 4.99 Å². The van der Waals surface area contributed by atoms with Gasteiger partial charge in [-0.15, -0.1) is 11.3 Å². The molecule has 0 saturated heterocycles. The van der Waals surface area contributed by atoms with Gasteiger partial charge in [0.25, 0.3) is 0 Å². The van der Waals surface area contributed by atoms with Gasteiger partial charge in [-0.05, 0) is 54.7 Å². The number of furan rings is 1. The van der Waals surface area contributed by atoms with E-state index in [0.717, 1.165) is 34.8 Å². The highest BCUT2D eigenvalue weighted by Gasteiger charge is 2.25. The van der Waals surface area contributed by atoms with Gasteiger partial charge in [0.15, 0.2) is 10.6 Å². The third-order valence-corrected chi connectivity index (χ3v) is 5.88. The molecule has 134 valence electrons. The number of thiazole rings is 1.